The van der Waals surface area contributed by atoms with Gasteiger partial charge in [0, 0.05) is 29.0 Å². The van der Waals surface area contributed by atoms with Gasteiger partial charge in [0.1, 0.15) is 5.69 Å². The van der Waals surface area contributed by atoms with Gasteiger partial charge in [-0.2, -0.15) is 5.10 Å². The topological polar surface area (TPSA) is 69.2 Å². The maximum Gasteiger partial charge on any atom is 0.271 e. The molecule has 2 N–H and O–H groups in total. The van der Waals surface area contributed by atoms with Gasteiger partial charge in [0.05, 0.1) is 11.8 Å². The third-order valence-corrected chi connectivity index (χ3v) is 4.36. The van der Waals surface area contributed by atoms with E-state index in [4.69, 9.17) is 0 Å². The molecule has 0 saturated carbocycles. The Labute approximate surface area is 131 Å². The van der Waals surface area contributed by atoms with Gasteiger partial charge >= 0.3 is 0 Å². The fourth-order valence-corrected chi connectivity index (χ4v) is 2.62. The van der Waals surface area contributed by atoms with Gasteiger partial charge in [0.15, 0.2) is 0 Å². The number of carbonyl (C=O) groups excluding carboxylic acids is 1. The molecule has 2 aromatic rings. The molecule has 2 heterocycles. The zero-order valence-corrected chi connectivity index (χ0v) is 13.2. The molecule has 0 bridgehead atoms. The van der Waals surface area contributed by atoms with Crippen molar-refractivity contribution in [3.05, 3.63) is 40.5 Å². The molecule has 0 aliphatic carbocycles. The summed E-state index contributed by atoms with van der Waals surface area (Å²) < 4.78 is 1.00. The molecule has 1 aliphatic heterocycles. The molecule has 1 aromatic carbocycles. The summed E-state index contributed by atoms with van der Waals surface area (Å²) in [6.07, 6.45) is -0.367. The van der Waals surface area contributed by atoms with Crippen molar-refractivity contribution in [2.75, 3.05) is 13.1 Å². The third kappa shape index (κ3) is 2.87. The number of nitrogens with zero attached hydrogens (tertiary/aromatic N) is 2. The van der Waals surface area contributed by atoms with Crippen LogP contribution in [-0.4, -0.2) is 45.3 Å². The maximum atomic E-state index is 12.3. The van der Waals surface area contributed by atoms with Gasteiger partial charge in [0.25, 0.3) is 5.91 Å². The Kier molecular flexibility index (Phi) is 3.82. The zero-order valence-electron chi connectivity index (χ0n) is 11.6. The highest BCUT2D eigenvalue weighted by atomic mass is 79.9. The average Bonchev–Trinajstić information content (AvgIpc) is 2.86. The van der Waals surface area contributed by atoms with Crippen molar-refractivity contribution in [1.82, 2.24) is 15.1 Å². The van der Waals surface area contributed by atoms with E-state index in [0.29, 0.717) is 18.8 Å². The lowest BCUT2D eigenvalue weighted by atomic mass is 9.94. The molecule has 0 spiro atoms. The number of aliphatic hydroxyl groups is 1. The molecular formula is C15H16BrN3O2. The first-order chi connectivity index (χ1) is 10.0. The average molecular weight is 350 g/mol. The number of hydrogen-bond donors (Lipinski definition) is 2. The van der Waals surface area contributed by atoms with Crippen LogP contribution in [-0.2, 0) is 0 Å². The molecule has 1 aliphatic rings. The van der Waals surface area contributed by atoms with E-state index in [1.807, 2.05) is 24.3 Å². The smallest absolute Gasteiger partial charge is 0.271 e. The zero-order chi connectivity index (χ0) is 15.0. The molecule has 110 valence electrons. The Morgan fingerprint density at radius 1 is 1.43 bits per heavy atom. The van der Waals surface area contributed by atoms with E-state index in [0.717, 1.165) is 15.7 Å². The first-order valence-electron chi connectivity index (χ1n) is 6.83. The molecule has 21 heavy (non-hydrogen) atoms. The van der Waals surface area contributed by atoms with Gasteiger partial charge in [0.2, 0.25) is 0 Å². The fraction of sp³-hybridized carbons (Fsp3) is 0.333. The summed E-state index contributed by atoms with van der Waals surface area (Å²) in [5.74, 6) is 0.116. The monoisotopic (exact) mass is 349 g/mol. The van der Waals surface area contributed by atoms with Crippen LogP contribution in [0.2, 0.25) is 0 Å². The summed E-state index contributed by atoms with van der Waals surface area (Å²) in [6.45, 7) is 2.96. The lowest BCUT2D eigenvalue weighted by molar-refractivity contribution is 0.00845. The van der Waals surface area contributed by atoms with E-state index in [1.54, 1.807) is 17.9 Å². The number of benzene rings is 1. The molecule has 0 unspecified atom stereocenters. The van der Waals surface area contributed by atoms with Crippen LogP contribution in [0.25, 0.3) is 11.3 Å². The summed E-state index contributed by atoms with van der Waals surface area (Å²) in [7, 11) is 0. The van der Waals surface area contributed by atoms with Gasteiger partial charge < -0.3 is 10.0 Å². The van der Waals surface area contributed by atoms with E-state index < -0.39 is 0 Å². The third-order valence-electron chi connectivity index (χ3n) is 3.83. The van der Waals surface area contributed by atoms with Crippen molar-refractivity contribution < 1.29 is 9.90 Å². The summed E-state index contributed by atoms with van der Waals surface area (Å²) >= 11 is 3.39. The van der Waals surface area contributed by atoms with Crippen LogP contribution in [0.4, 0.5) is 0 Å². The molecule has 1 saturated heterocycles. The molecule has 1 amide bonds. The Hall–Kier alpha value is -1.66. The second-order valence-electron chi connectivity index (χ2n) is 5.38. The van der Waals surface area contributed by atoms with Crippen LogP contribution >= 0.6 is 15.9 Å². The van der Waals surface area contributed by atoms with Crippen molar-refractivity contribution >= 4 is 21.8 Å². The van der Waals surface area contributed by atoms with E-state index >= 15 is 0 Å². The predicted molar refractivity (Wildman–Crippen MR) is 82.8 cm³/mol. The highest BCUT2D eigenvalue weighted by Gasteiger charge is 2.34. The largest absolute Gasteiger partial charge is 0.393 e. The number of aliphatic hydroxyl groups excluding tert-OH is 1. The van der Waals surface area contributed by atoms with E-state index in [2.05, 4.69) is 26.1 Å². The minimum atomic E-state index is -0.367. The fourth-order valence-electron chi connectivity index (χ4n) is 2.35. The Balaban J connectivity index is 1.71. The number of hydrogen-bond acceptors (Lipinski definition) is 3. The van der Waals surface area contributed by atoms with Gasteiger partial charge in [-0.1, -0.05) is 28.1 Å². The molecule has 1 aromatic heterocycles. The van der Waals surface area contributed by atoms with E-state index in [9.17, 15) is 9.90 Å². The molecule has 3 rings (SSSR count). The number of aromatic amines is 1. The van der Waals surface area contributed by atoms with Crippen LogP contribution in [0.1, 0.15) is 17.4 Å². The minimum Gasteiger partial charge on any atom is -0.393 e. The van der Waals surface area contributed by atoms with Gasteiger partial charge in [-0.3, -0.25) is 9.89 Å². The number of aromatic nitrogens is 2. The summed E-state index contributed by atoms with van der Waals surface area (Å²) in [4.78, 5) is 14.0. The summed E-state index contributed by atoms with van der Waals surface area (Å²) in [5.41, 5.74) is 2.19. The predicted octanol–water partition coefficient (Wildman–Crippen LogP) is 2.29. The Bertz CT molecular complexity index is 645. The van der Waals surface area contributed by atoms with Crippen molar-refractivity contribution in [1.29, 1.82) is 0 Å². The quantitative estimate of drug-likeness (QED) is 0.893. The highest BCUT2D eigenvalue weighted by Crippen LogP contribution is 2.24. The van der Waals surface area contributed by atoms with Crippen molar-refractivity contribution in [2.45, 2.75) is 13.0 Å². The highest BCUT2D eigenvalue weighted by molar-refractivity contribution is 9.10. The number of likely N-dealkylation sites (tertiary alicyclic amines) is 1. The summed E-state index contributed by atoms with van der Waals surface area (Å²) in [6, 6.07) is 9.53. The molecular weight excluding hydrogens is 334 g/mol. The minimum absolute atomic E-state index is 0.0669. The molecule has 6 heteroatoms. The number of amides is 1. The van der Waals surface area contributed by atoms with E-state index in [-0.39, 0.29) is 17.9 Å². The number of nitrogens with one attached hydrogen (secondary N) is 1. The first kappa shape index (κ1) is 14.3. The van der Waals surface area contributed by atoms with E-state index in [1.165, 1.54) is 0 Å². The second-order valence-corrected chi connectivity index (χ2v) is 6.30. The first-order valence-corrected chi connectivity index (χ1v) is 7.62. The molecule has 1 fully saturated rings. The van der Waals surface area contributed by atoms with Gasteiger partial charge in [-0.15, -0.1) is 0 Å². The van der Waals surface area contributed by atoms with Crippen molar-refractivity contribution in [3.63, 3.8) is 0 Å². The summed E-state index contributed by atoms with van der Waals surface area (Å²) in [5, 5.41) is 16.4. The van der Waals surface area contributed by atoms with Gasteiger partial charge in [-0.05, 0) is 25.1 Å². The Morgan fingerprint density at radius 2 is 2.10 bits per heavy atom. The Morgan fingerprint density at radius 3 is 2.71 bits per heavy atom. The normalized spacial score (nSPS) is 16.6. The van der Waals surface area contributed by atoms with Crippen LogP contribution in [0.5, 0.6) is 0 Å². The van der Waals surface area contributed by atoms with Crippen LogP contribution in [0, 0.1) is 5.92 Å². The maximum absolute atomic E-state index is 12.3. The molecule has 0 radical (unpaired) electrons. The lowest BCUT2D eigenvalue weighted by Crippen LogP contribution is -2.53. The van der Waals surface area contributed by atoms with Crippen LogP contribution < -0.4 is 0 Å². The number of carbonyl (C=O) groups is 1. The number of H-pyrrole nitrogens is 1. The standard InChI is InChI=1S/C15H16BrN3O2/c1-9(20)11-7-19(8-11)15(21)14-6-13(17-18-14)10-2-4-12(16)5-3-10/h2-6,9,11,20H,7-8H2,1H3,(H,17,18)/t9-/m0/s1. The number of halogens is 1. The SMILES string of the molecule is C[C@H](O)C1CN(C(=O)c2cc(-c3ccc(Br)cc3)n[nH]2)C1. The van der Waals surface area contributed by atoms with Gasteiger partial charge in [-0.25, -0.2) is 0 Å². The lowest BCUT2D eigenvalue weighted by Gasteiger charge is -2.40. The van der Waals surface area contributed by atoms with Crippen LogP contribution in [0.15, 0.2) is 34.8 Å². The molecule has 1 atom stereocenters. The van der Waals surface area contributed by atoms with Crippen LogP contribution in [0.3, 0.4) is 0 Å². The number of rotatable bonds is 3. The van der Waals surface area contributed by atoms with Crippen molar-refractivity contribution in [2.24, 2.45) is 5.92 Å². The molecule has 5 nitrogen and oxygen atoms in total. The second kappa shape index (κ2) is 5.61. The van der Waals surface area contributed by atoms with Crippen molar-refractivity contribution in [3.8, 4) is 11.3 Å².